The molecule has 0 radical (unpaired) electrons. The number of carbonyl (C=O) groups is 2. The number of hydrogen-bond acceptors (Lipinski definition) is 6. The third kappa shape index (κ3) is 6.68. The van der Waals surface area contributed by atoms with E-state index >= 15 is 0 Å². The van der Waals surface area contributed by atoms with Gasteiger partial charge in [-0.05, 0) is 42.0 Å². The molecular formula is C16H12FN2NaO5S. The van der Waals surface area contributed by atoms with Crippen LogP contribution in [0.25, 0.3) is 0 Å². The molecule has 0 heterocycles. The number of amides is 1. The van der Waals surface area contributed by atoms with Crippen molar-refractivity contribution in [2.75, 3.05) is 0 Å². The van der Waals surface area contributed by atoms with Gasteiger partial charge in [0.15, 0.2) is 0 Å². The Morgan fingerprint density at radius 2 is 1.81 bits per heavy atom. The van der Waals surface area contributed by atoms with Crippen molar-refractivity contribution < 1.29 is 57.1 Å². The molecule has 1 N–H and O–H groups in total. The van der Waals surface area contributed by atoms with Crippen LogP contribution in [0.5, 0.6) is 0 Å². The maximum atomic E-state index is 13.3. The maximum Gasteiger partial charge on any atom is 1.00 e. The molecule has 0 aliphatic carbocycles. The molecule has 7 nitrogen and oxygen atoms in total. The van der Waals surface area contributed by atoms with Crippen LogP contribution in [0.2, 0.25) is 0 Å². The summed E-state index contributed by atoms with van der Waals surface area (Å²) in [5, 5.41) is 13.4. The van der Waals surface area contributed by atoms with Gasteiger partial charge >= 0.3 is 40.1 Å². The largest absolute Gasteiger partial charge is 1.00 e. The van der Waals surface area contributed by atoms with Crippen molar-refractivity contribution in [1.82, 2.24) is 5.32 Å². The molecule has 2 rings (SSSR count). The molecule has 1 atom stereocenters. The van der Waals surface area contributed by atoms with E-state index in [2.05, 4.69) is 9.68 Å². The average Bonchev–Trinajstić information content (AvgIpc) is 2.54. The molecule has 1 amide bonds. The van der Waals surface area contributed by atoms with E-state index in [1.54, 1.807) is 0 Å². The molecule has 0 aliphatic rings. The number of nitrogens with zero attached hydrogens (tertiary/aromatic N) is 1. The SMILES string of the molecule is O=C([O-])CC(NC(=O)c1ccc(N=S(=O)=O)cc1)c1cccc(F)c1.[Na+]. The summed E-state index contributed by atoms with van der Waals surface area (Å²) in [6, 6.07) is 9.54. The number of nitrogens with one attached hydrogen (secondary N) is 1. The van der Waals surface area contributed by atoms with Gasteiger partial charge in [0.1, 0.15) is 5.82 Å². The van der Waals surface area contributed by atoms with Crippen LogP contribution in [0.4, 0.5) is 10.1 Å². The van der Waals surface area contributed by atoms with Gasteiger partial charge in [-0.1, -0.05) is 12.1 Å². The Kier molecular flexibility index (Phi) is 8.59. The smallest absolute Gasteiger partial charge is 0.550 e. The molecule has 0 aliphatic heterocycles. The topological polar surface area (TPSA) is 116 Å². The zero-order chi connectivity index (χ0) is 18.4. The molecule has 130 valence electrons. The van der Waals surface area contributed by atoms with E-state index in [9.17, 15) is 27.5 Å². The van der Waals surface area contributed by atoms with E-state index in [1.807, 2.05) is 0 Å². The third-order valence-corrected chi connectivity index (χ3v) is 3.60. The molecule has 26 heavy (non-hydrogen) atoms. The van der Waals surface area contributed by atoms with Crippen LogP contribution in [0.1, 0.15) is 28.4 Å². The first-order valence-corrected chi connectivity index (χ1v) is 8.05. The quantitative estimate of drug-likeness (QED) is 0.585. The molecule has 0 saturated carbocycles. The van der Waals surface area contributed by atoms with E-state index in [0.717, 1.165) is 6.07 Å². The van der Waals surface area contributed by atoms with Crippen LogP contribution in [-0.2, 0) is 15.3 Å². The number of rotatable bonds is 6. The first-order valence-electron chi connectivity index (χ1n) is 7.02. The molecule has 0 fully saturated rings. The fourth-order valence-corrected chi connectivity index (χ4v) is 2.44. The van der Waals surface area contributed by atoms with Gasteiger partial charge in [0.25, 0.3) is 5.91 Å². The third-order valence-electron chi connectivity index (χ3n) is 3.24. The fraction of sp³-hybridized carbons (Fsp3) is 0.125. The minimum atomic E-state index is -2.61. The number of hydrogen-bond donors (Lipinski definition) is 1. The van der Waals surface area contributed by atoms with Crippen LogP contribution >= 0.6 is 0 Å². The standard InChI is InChI=1S/C16H13FN2O5S.Na/c17-12-3-1-2-11(8-12)14(9-15(20)21)18-16(22)10-4-6-13(7-5-10)19-25(23)24;/h1-8,14H,9H2,(H,18,22)(H,20,21);/q;+1/p-1. The van der Waals surface area contributed by atoms with E-state index in [0.29, 0.717) is 0 Å². The molecular weight excluding hydrogens is 374 g/mol. The maximum absolute atomic E-state index is 13.3. The summed E-state index contributed by atoms with van der Waals surface area (Å²) in [4.78, 5) is 23.2. The Morgan fingerprint density at radius 1 is 1.15 bits per heavy atom. The van der Waals surface area contributed by atoms with Gasteiger partial charge in [0.2, 0.25) is 0 Å². The molecule has 0 bridgehead atoms. The van der Waals surface area contributed by atoms with E-state index < -0.39 is 40.7 Å². The normalized spacial score (nSPS) is 11.0. The van der Waals surface area contributed by atoms with Crippen LogP contribution in [0.3, 0.4) is 0 Å². The molecule has 2 aromatic carbocycles. The fourth-order valence-electron chi connectivity index (χ4n) is 2.14. The summed E-state index contributed by atoms with van der Waals surface area (Å²) >= 11 is 0. The van der Waals surface area contributed by atoms with Crippen molar-refractivity contribution in [3.8, 4) is 0 Å². The number of carbonyl (C=O) groups excluding carboxylic acids is 2. The Balaban J connectivity index is 0.00000338. The summed E-state index contributed by atoms with van der Waals surface area (Å²) in [5.41, 5.74) is 0.586. The second-order valence-corrected chi connectivity index (χ2v) is 5.63. The van der Waals surface area contributed by atoms with Crippen molar-refractivity contribution in [2.24, 2.45) is 4.36 Å². The second kappa shape index (κ2) is 10.2. The van der Waals surface area contributed by atoms with Crippen molar-refractivity contribution in [2.45, 2.75) is 12.5 Å². The van der Waals surface area contributed by atoms with Gasteiger partial charge < -0.3 is 15.2 Å². The molecule has 10 heteroatoms. The van der Waals surface area contributed by atoms with Gasteiger partial charge in [-0.15, -0.1) is 4.36 Å². The zero-order valence-corrected chi connectivity index (χ0v) is 16.5. The minimum Gasteiger partial charge on any atom is -0.550 e. The summed E-state index contributed by atoms with van der Waals surface area (Å²) in [6.45, 7) is 0. The van der Waals surface area contributed by atoms with Crippen molar-refractivity contribution in [3.63, 3.8) is 0 Å². The monoisotopic (exact) mass is 386 g/mol. The Morgan fingerprint density at radius 3 is 2.35 bits per heavy atom. The van der Waals surface area contributed by atoms with E-state index in [4.69, 9.17) is 0 Å². The Bertz CT molecular complexity index is 924. The summed E-state index contributed by atoms with van der Waals surface area (Å²) in [6.07, 6.45) is -0.530. The summed E-state index contributed by atoms with van der Waals surface area (Å²) in [5.74, 6) is -2.57. The van der Waals surface area contributed by atoms with Gasteiger partial charge in [-0.3, -0.25) is 4.79 Å². The van der Waals surface area contributed by atoms with Crippen LogP contribution < -0.4 is 40.0 Å². The van der Waals surface area contributed by atoms with Crippen LogP contribution in [0, 0.1) is 5.82 Å². The predicted octanol–water partition coefficient (Wildman–Crippen LogP) is -1.86. The number of halogens is 1. The summed E-state index contributed by atoms with van der Waals surface area (Å²) < 4.78 is 37.6. The van der Waals surface area contributed by atoms with Gasteiger partial charge in [0, 0.05) is 18.0 Å². The Labute approximate surface area is 172 Å². The first-order chi connectivity index (χ1) is 11.8. The summed E-state index contributed by atoms with van der Waals surface area (Å²) in [7, 11) is -2.61. The Hall–Kier alpha value is -2.07. The van der Waals surface area contributed by atoms with E-state index in [1.165, 1.54) is 42.5 Å². The van der Waals surface area contributed by atoms with Gasteiger partial charge in [-0.25, -0.2) is 4.39 Å². The first kappa shape index (κ1) is 22.0. The van der Waals surface area contributed by atoms with Gasteiger partial charge in [-0.2, -0.15) is 8.42 Å². The number of carboxylic acids is 1. The zero-order valence-electron chi connectivity index (χ0n) is 13.7. The van der Waals surface area contributed by atoms with Crippen molar-refractivity contribution in [1.29, 1.82) is 0 Å². The molecule has 1 unspecified atom stereocenters. The van der Waals surface area contributed by atoms with Crippen LogP contribution in [-0.4, -0.2) is 20.3 Å². The predicted molar refractivity (Wildman–Crippen MR) is 83.7 cm³/mol. The minimum absolute atomic E-state index is 0. The molecule has 0 saturated heterocycles. The molecule has 0 aromatic heterocycles. The second-order valence-electron chi connectivity index (χ2n) is 5.01. The number of carboxylic acid groups (broad SMARTS) is 1. The van der Waals surface area contributed by atoms with Crippen LogP contribution in [0.15, 0.2) is 52.9 Å². The van der Waals surface area contributed by atoms with Crippen molar-refractivity contribution >= 4 is 28.1 Å². The average molecular weight is 386 g/mol. The van der Waals surface area contributed by atoms with Crippen molar-refractivity contribution in [3.05, 3.63) is 65.5 Å². The number of aliphatic carboxylic acids is 1. The van der Waals surface area contributed by atoms with Gasteiger partial charge in [0.05, 0.1) is 11.7 Å². The number of benzene rings is 2. The van der Waals surface area contributed by atoms with E-state index in [-0.39, 0.29) is 46.4 Å². The molecule has 0 spiro atoms. The molecule has 2 aromatic rings.